The Kier molecular flexibility index (Phi) is 5.62. The fourth-order valence-corrected chi connectivity index (χ4v) is 4.48. The summed E-state index contributed by atoms with van der Waals surface area (Å²) in [5.74, 6) is -0.882. The number of carbonyl (C=O) groups is 2. The molecule has 0 spiro atoms. The number of amides is 1. The van der Waals surface area contributed by atoms with E-state index in [-0.39, 0.29) is 17.5 Å². The van der Waals surface area contributed by atoms with E-state index in [1.54, 1.807) is 16.7 Å². The van der Waals surface area contributed by atoms with Crippen molar-refractivity contribution in [2.75, 3.05) is 17.3 Å². The van der Waals surface area contributed by atoms with E-state index in [2.05, 4.69) is 0 Å². The molecule has 0 unspecified atom stereocenters. The molecule has 29 heavy (non-hydrogen) atoms. The van der Waals surface area contributed by atoms with E-state index in [0.29, 0.717) is 5.75 Å². The Hall–Kier alpha value is -3.12. The molecule has 1 heterocycles. The summed E-state index contributed by atoms with van der Waals surface area (Å²) in [6, 6.07) is 22.5. The molecule has 1 aliphatic heterocycles. The Morgan fingerprint density at radius 3 is 2.55 bits per heavy atom. The van der Waals surface area contributed by atoms with Crippen molar-refractivity contribution in [3.05, 3.63) is 95.8 Å². The Labute approximate surface area is 172 Å². The number of anilines is 1. The van der Waals surface area contributed by atoms with E-state index in [1.165, 1.54) is 18.2 Å². The van der Waals surface area contributed by atoms with E-state index in [1.807, 2.05) is 54.6 Å². The first-order valence-corrected chi connectivity index (χ1v) is 10.1. The maximum Gasteiger partial charge on any atom is 0.338 e. The molecular formula is C23H18FNO3S. The van der Waals surface area contributed by atoms with Crippen molar-refractivity contribution in [2.24, 2.45) is 0 Å². The van der Waals surface area contributed by atoms with Crippen LogP contribution in [0.5, 0.6) is 0 Å². The van der Waals surface area contributed by atoms with Gasteiger partial charge >= 0.3 is 5.97 Å². The molecule has 4 nitrogen and oxygen atoms in total. The first-order valence-electron chi connectivity index (χ1n) is 9.15. The lowest BCUT2D eigenvalue weighted by Gasteiger charge is -2.37. The summed E-state index contributed by atoms with van der Waals surface area (Å²) in [6.07, 6.45) is 0. The second-order valence-electron chi connectivity index (χ2n) is 6.56. The second kappa shape index (κ2) is 8.49. The molecule has 3 aromatic carbocycles. The number of benzene rings is 3. The number of hydrogen-bond donors (Lipinski definition) is 0. The van der Waals surface area contributed by atoms with Crippen molar-refractivity contribution in [3.8, 4) is 0 Å². The van der Waals surface area contributed by atoms with Crippen LogP contribution >= 0.6 is 11.8 Å². The highest BCUT2D eigenvalue weighted by Gasteiger charge is 2.32. The first-order chi connectivity index (χ1) is 14.1. The maximum absolute atomic E-state index is 13.3. The number of nitrogens with zero attached hydrogens (tertiary/aromatic N) is 1. The van der Waals surface area contributed by atoms with Crippen LogP contribution in [0.2, 0.25) is 0 Å². The third-order valence-corrected chi connectivity index (χ3v) is 5.81. The van der Waals surface area contributed by atoms with Crippen LogP contribution in [-0.2, 0) is 9.53 Å². The SMILES string of the molecule is O=C(OCC(=O)N1c2ccccc2SC[C@@H]1c1ccccc1)c1cccc(F)c1. The van der Waals surface area contributed by atoms with Crippen LogP contribution in [0, 0.1) is 5.82 Å². The number of hydrogen-bond acceptors (Lipinski definition) is 4. The lowest BCUT2D eigenvalue weighted by Crippen LogP contribution is -2.41. The average Bonchev–Trinajstić information content (AvgIpc) is 2.77. The van der Waals surface area contributed by atoms with Crippen molar-refractivity contribution in [1.82, 2.24) is 0 Å². The van der Waals surface area contributed by atoms with Gasteiger partial charge in [-0.3, -0.25) is 9.69 Å². The van der Waals surface area contributed by atoms with Gasteiger partial charge in [0.2, 0.25) is 0 Å². The van der Waals surface area contributed by atoms with Crippen molar-refractivity contribution < 1.29 is 18.7 Å². The van der Waals surface area contributed by atoms with Gasteiger partial charge in [-0.05, 0) is 35.9 Å². The number of ether oxygens (including phenoxy) is 1. The fourth-order valence-electron chi connectivity index (χ4n) is 3.31. The zero-order chi connectivity index (χ0) is 20.2. The molecular weight excluding hydrogens is 389 g/mol. The van der Waals surface area contributed by atoms with Crippen LogP contribution in [0.25, 0.3) is 0 Å². The van der Waals surface area contributed by atoms with Crippen LogP contribution in [0.15, 0.2) is 83.8 Å². The molecule has 6 heteroatoms. The molecule has 0 saturated heterocycles. The van der Waals surface area contributed by atoms with Gasteiger partial charge < -0.3 is 4.74 Å². The summed E-state index contributed by atoms with van der Waals surface area (Å²) in [5.41, 5.74) is 1.88. The Bertz CT molecular complexity index is 1040. The second-order valence-corrected chi connectivity index (χ2v) is 7.62. The van der Waals surface area contributed by atoms with Gasteiger partial charge in [0.1, 0.15) is 5.82 Å². The summed E-state index contributed by atoms with van der Waals surface area (Å²) < 4.78 is 18.5. The van der Waals surface area contributed by atoms with Crippen molar-refractivity contribution in [1.29, 1.82) is 0 Å². The zero-order valence-corrected chi connectivity index (χ0v) is 16.3. The van der Waals surface area contributed by atoms with Gasteiger partial charge in [-0.1, -0.05) is 48.5 Å². The molecule has 0 fully saturated rings. The summed E-state index contributed by atoms with van der Waals surface area (Å²) in [6.45, 7) is -0.419. The van der Waals surface area contributed by atoms with E-state index >= 15 is 0 Å². The minimum Gasteiger partial charge on any atom is -0.452 e. The summed E-state index contributed by atoms with van der Waals surface area (Å²) in [7, 11) is 0. The minimum atomic E-state index is -0.728. The molecule has 0 aromatic heterocycles. The lowest BCUT2D eigenvalue weighted by molar-refractivity contribution is -0.122. The highest BCUT2D eigenvalue weighted by Crippen LogP contribution is 2.43. The predicted octanol–water partition coefficient (Wildman–Crippen LogP) is 4.86. The molecule has 1 amide bonds. The van der Waals surface area contributed by atoms with Gasteiger partial charge in [-0.25, -0.2) is 9.18 Å². The van der Waals surface area contributed by atoms with Crippen molar-refractivity contribution >= 4 is 29.3 Å². The molecule has 0 saturated carbocycles. The number of halogens is 1. The summed E-state index contributed by atoms with van der Waals surface area (Å²) >= 11 is 1.69. The lowest BCUT2D eigenvalue weighted by atomic mass is 10.1. The predicted molar refractivity (Wildman–Crippen MR) is 111 cm³/mol. The van der Waals surface area contributed by atoms with E-state index in [4.69, 9.17) is 4.74 Å². The largest absolute Gasteiger partial charge is 0.452 e. The van der Waals surface area contributed by atoms with E-state index < -0.39 is 18.4 Å². The number of carbonyl (C=O) groups excluding carboxylic acids is 2. The Morgan fingerprint density at radius 2 is 1.76 bits per heavy atom. The number of fused-ring (bicyclic) bond motifs is 1. The van der Waals surface area contributed by atoms with Gasteiger partial charge in [0.15, 0.2) is 6.61 Å². The van der Waals surface area contributed by atoms with Crippen LogP contribution in [0.3, 0.4) is 0 Å². The van der Waals surface area contributed by atoms with E-state index in [9.17, 15) is 14.0 Å². The number of para-hydroxylation sites is 1. The quantitative estimate of drug-likeness (QED) is 0.580. The Morgan fingerprint density at radius 1 is 1.00 bits per heavy atom. The monoisotopic (exact) mass is 407 g/mol. The van der Waals surface area contributed by atoms with Crippen molar-refractivity contribution in [3.63, 3.8) is 0 Å². The number of rotatable bonds is 4. The normalized spacial score (nSPS) is 15.5. The van der Waals surface area contributed by atoms with Gasteiger partial charge in [0, 0.05) is 10.6 Å². The van der Waals surface area contributed by atoms with Gasteiger partial charge in [0.25, 0.3) is 5.91 Å². The zero-order valence-electron chi connectivity index (χ0n) is 15.5. The van der Waals surface area contributed by atoms with Gasteiger partial charge in [-0.15, -0.1) is 11.8 Å². The molecule has 3 aromatic rings. The summed E-state index contributed by atoms with van der Waals surface area (Å²) in [5, 5.41) is 0. The molecule has 0 radical (unpaired) electrons. The van der Waals surface area contributed by atoms with Crippen LogP contribution in [0.4, 0.5) is 10.1 Å². The molecule has 4 rings (SSSR count). The number of esters is 1. The average molecular weight is 407 g/mol. The third-order valence-electron chi connectivity index (χ3n) is 4.67. The molecule has 1 atom stereocenters. The minimum absolute atomic E-state index is 0.0759. The van der Waals surface area contributed by atoms with Gasteiger partial charge in [0.05, 0.1) is 17.3 Å². The third kappa shape index (κ3) is 4.17. The van der Waals surface area contributed by atoms with Crippen LogP contribution < -0.4 is 4.90 Å². The first kappa shape index (κ1) is 19.2. The smallest absolute Gasteiger partial charge is 0.338 e. The molecule has 1 aliphatic rings. The van der Waals surface area contributed by atoms with Crippen molar-refractivity contribution in [2.45, 2.75) is 10.9 Å². The van der Waals surface area contributed by atoms with E-state index in [0.717, 1.165) is 22.2 Å². The highest BCUT2D eigenvalue weighted by atomic mass is 32.2. The van der Waals surface area contributed by atoms with Crippen LogP contribution in [0.1, 0.15) is 22.0 Å². The summed E-state index contributed by atoms with van der Waals surface area (Å²) in [4.78, 5) is 28.0. The molecule has 0 N–H and O–H groups in total. The topological polar surface area (TPSA) is 46.6 Å². The maximum atomic E-state index is 13.3. The standard InChI is InChI=1S/C23H18FNO3S/c24-18-10-6-9-17(13-18)23(27)28-14-22(26)25-19-11-4-5-12-21(19)29-15-20(25)16-7-2-1-3-8-16/h1-13,20H,14-15H2/t20-/m1/s1. The fraction of sp³-hybridized carbons (Fsp3) is 0.130. The highest BCUT2D eigenvalue weighted by molar-refractivity contribution is 7.99. The number of thioether (sulfide) groups is 1. The molecule has 0 bridgehead atoms. The molecule has 146 valence electrons. The van der Waals surface area contributed by atoms with Crippen LogP contribution in [-0.4, -0.2) is 24.2 Å². The molecule has 0 aliphatic carbocycles. The Balaban J connectivity index is 1.57. The van der Waals surface area contributed by atoms with Gasteiger partial charge in [-0.2, -0.15) is 0 Å².